The maximum atomic E-state index is 11.2. The lowest BCUT2D eigenvalue weighted by Gasteiger charge is -2.01. The summed E-state index contributed by atoms with van der Waals surface area (Å²) in [7, 11) is 0. The zero-order valence-corrected chi connectivity index (χ0v) is 10.1. The van der Waals surface area contributed by atoms with Gasteiger partial charge in [0.25, 0.3) is 0 Å². The maximum Gasteiger partial charge on any atom is 0.336 e. The van der Waals surface area contributed by atoms with Crippen LogP contribution in [0.4, 0.5) is 0 Å². The molecule has 0 fully saturated rings. The highest BCUT2D eigenvalue weighted by Gasteiger charge is 2.11. The third-order valence-corrected chi connectivity index (χ3v) is 2.84. The molecule has 0 bridgehead atoms. The molecule has 1 rings (SSSR count). The fraction of sp³-hybridized carbons (Fsp3) is 0.111. The van der Waals surface area contributed by atoms with Crippen LogP contribution in [-0.2, 0) is 0 Å². The van der Waals surface area contributed by atoms with Gasteiger partial charge in [-0.3, -0.25) is 4.79 Å². The number of halogens is 2. The molecule has 74 valence electrons. The lowest BCUT2D eigenvalue weighted by Crippen LogP contribution is -2.04. The van der Waals surface area contributed by atoms with E-state index in [-0.39, 0.29) is 16.7 Å². The van der Waals surface area contributed by atoms with E-state index in [0.29, 0.717) is 10.0 Å². The number of alkyl halides is 1. The number of hydrogen-bond acceptors (Lipinski definition) is 2. The molecule has 1 aromatic rings. The van der Waals surface area contributed by atoms with Crippen molar-refractivity contribution in [1.82, 2.24) is 0 Å². The van der Waals surface area contributed by atoms with E-state index >= 15 is 0 Å². The van der Waals surface area contributed by atoms with Gasteiger partial charge in [0, 0.05) is 10.0 Å². The Morgan fingerprint density at radius 1 is 1.36 bits per heavy atom. The first-order chi connectivity index (χ1) is 6.56. The molecule has 5 heteroatoms. The van der Waals surface area contributed by atoms with Crippen molar-refractivity contribution >= 4 is 43.6 Å². The number of carbonyl (C=O) groups is 2. The average molecular weight is 322 g/mol. The van der Waals surface area contributed by atoms with E-state index in [2.05, 4.69) is 31.9 Å². The number of hydrogen-bond donors (Lipinski definition) is 1. The molecule has 3 nitrogen and oxygen atoms in total. The number of ketones is 1. The van der Waals surface area contributed by atoms with Gasteiger partial charge in [-0.05, 0) is 28.1 Å². The molecule has 0 saturated heterocycles. The predicted octanol–water partition coefficient (Wildman–Crippen LogP) is 2.72. The minimum absolute atomic E-state index is 0.0943. The topological polar surface area (TPSA) is 54.4 Å². The summed E-state index contributed by atoms with van der Waals surface area (Å²) >= 11 is 6.12. The highest BCUT2D eigenvalue weighted by molar-refractivity contribution is 9.10. The number of benzene rings is 1. The Labute approximate surface area is 97.4 Å². The van der Waals surface area contributed by atoms with Crippen LogP contribution in [0.25, 0.3) is 0 Å². The van der Waals surface area contributed by atoms with Crippen LogP contribution in [0.5, 0.6) is 0 Å². The molecule has 0 aliphatic rings. The second kappa shape index (κ2) is 4.70. The van der Waals surface area contributed by atoms with Gasteiger partial charge in [-0.2, -0.15) is 0 Å². The molecular formula is C9H6Br2O3. The third kappa shape index (κ3) is 2.42. The fourth-order valence-electron chi connectivity index (χ4n) is 0.940. The summed E-state index contributed by atoms with van der Waals surface area (Å²) in [5.41, 5.74) is 0.485. The van der Waals surface area contributed by atoms with Crippen LogP contribution >= 0.6 is 31.9 Å². The number of carboxylic acid groups (broad SMARTS) is 1. The molecule has 0 saturated carbocycles. The van der Waals surface area contributed by atoms with Gasteiger partial charge in [0.15, 0.2) is 5.78 Å². The van der Waals surface area contributed by atoms with Gasteiger partial charge in [0.1, 0.15) is 0 Å². The smallest absolute Gasteiger partial charge is 0.336 e. The minimum atomic E-state index is -1.05. The van der Waals surface area contributed by atoms with E-state index in [1.54, 1.807) is 12.1 Å². The van der Waals surface area contributed by atoms with Crippen LogP contribution in [0.1, 0.15) is 20.7 Å². The van der Waals surface area contributed by atoms with Crippen LogP contribution in [0.3, 0.4) is 0 Å². The molecule has 0 radical (unpaired) electrons. The van der Waals surface area contributed by atoms with Crippen molar-refractivity contribution in [2.75, 3.05) is 5.33 Å². The van der Waals surface area contributed by atoms with Gasteiger partial charge in [-0.1, -0.05) is 22.0 Å². The normalized spacial score (nSPS) is 9.86. The van der Waals surface area contributed by atoms with Crippen LogP contribution in [0, 0.1) is 0 Å². The number of aromatic carboxylic acids is 1. The number of Topliss-reactive ketones (excluding diaryl/α,β-unsaturated/α-hetero) is 1. The zero-order valence-electron chi connectivity index (χ0n) is 6.96. The lowest BCUT2D eigenvalue weighted by molar-refractivity contribution is 0.0696. The van der Waals surface area contributed by atoms with Crippen LogP contribution in [0.15, 0.2) is 22.7 Å². The SMILES string of the molecule is O=C(CBr)c1ccc(Br)c(C(=O)O)c1. The van der Waals surface area contributed by atoms with E-state index in [9.17, 15) is 9.59 Å². The summed E-state index contributed by atoms with van der Waals surface area (Å²) in [6.07, 6.45) is 0. The minimum Gasteiger partial charge on any atom is -0.478 e. The molecule has 1 N–H and O–H groups in total. The Morgan fingerprint density at radius 3 is 2.50 bits per heavy atom. The fourth-order valence-corrected chi connectivity index (χ4v) is 1.68. The summed E-state index contributed by atoms with van der Waals surface area (Å²) in [6, 6.07) is 4.50. The Hall–Kier alpha value is -0.680. The largest absolute Gasteiger partial charge is 0.478 e. The van der Waals surface area contributed by atoms with E-state index in [4.69, 9.17) is 5.11 Å². The highest BCUT2D eigenvalue weighted by Crippen LogP contribution is 2.18. The average Bonchev–Trinajstić information content (AvgIpc) is 2.17. The molecule has 0 aliphatic heterocycles. The van der Waals surface area contributed by atoms with E-state index in [0.717, 1.165) is 0 Å². The Morgan fingerprint density at radius 2 is 2.00 bits per heavy atom. The number of carbonyl (C=O) groups excluding carboxylic acids is 1. The predicted molar refractivity (Wildman–Crippen MR) is 59.2 cm³/mol. The van der Waals surface area contributed by atoms with Crippen LogP contribution in [0.2, 0.25) is 0 Å². The summed E-state index contributed by atoms with van der Waals surface area (Å²) in [4.78, 5) is 22.0. The molecule has 14 heavy (non-hydrogen) atoms. The van der Waals surface area contributed by atoms with Crippen LogP contribution in [-0.4, -0.2) is 22.2 Å². The van der Waals surface area contributed by atoms with Crippen molar-refractivity contribution in [1.29, 1.82) is 0 Å². The summed E-state index contributed by atoms with van der Waals surface area (Å²) in [5, 5.41) is 8.98. The maximum absolute atomic E-state index is 11.2. The van der Waals surface area contributed by atoms with Crippen molar-refractivity contribution in [3.05, 3.63) is 33.8 Å². The highest BCUT2D eigenvalue weighted by atomic mass is 79.9. The van der Waals surface area contributed by atoms with E-state index in [1.165, 1.54) is 6.07 Å². The van der Waals surface area contributed by atoms with Gasteiger partial charge >= 0.3 is 5.97 Å². The zero-order chi connectivity index (χ0) is 10.7. The summed E-state index contributed by atoms with van der Waals surface area (Å²) in [5.74, 6) is -1.19. The molecule has 1 aromatic carbocycles. The quantitative estimate of drug-likeness (QED) is 0.688. The van der Waals surface area contributed by atoms with Gasteiger partial charge < -0.3 is 5.11 Å². The second-order valence-electron chi connectivity index (χ2n) is 2.56. The molecule has 0 heterocycles. The molecule has 0 spiro atoms. The van der Waals surface area contributed by atoms with Gasteiger partial charge in [0.2, 0.25) is 0 Å². The first-order valence-electron chi connectivity index (χ1n) is 3.68. The molecular weight excluding hydrogens is 316 g/mol. The molecule has 0 amide bonds. The van der Waals surface area contributed by atoms with Crippen molar-refractivity contribution in [2.45, 2.75) is 0 Å². The summed E-state index contributed by atoms with van der Waals surface area (Å²) in [6.45, 7) is 0. The lowest BCUT2D eigenvalue weighted by atomic mass is 10.1. The Kier molecular flexibility index (Phi) is 3.83. The molecule has 0 atom stereocenters. The third-order valence-electron chi connectivity index (χ3n) is 1.64. The Balaban J connectivity index is 3.19. The van der Waals surface area contributed by atoms with Gasteiger partial charge in [-0.25, -0.2) is 4.79 Å². The molecule has 0 aromatic heterocycles. The first kappa shape index (κ1) is 11.4. The van der Waals surface area contributed by atoms with Crippen molar-refractivity contribution < 1.29 is 14.7 Å². The molecule has 0 unspecified atom stereocenters. The number of rotatable bonds is 3. The van der Waals surface area contributed by atoms with Crippen molar-refractivity contribution in [2.24, 2.45) is 0 Å². The Bertz CT molecular complexity index is 388. The van der Waals surface area contributed by atoms with Crippen molar-refractivity contribution in [3.63, 3.8) is 0 Å². The number of carboxylic acids is 1. The standard InChI is InChI=1S/C9H6Br2O3/c10-4-8(12)5-1-2-7(11)6(3-5)9(13)14/h1-3H,4H2,(H,13,14). The first-order valence-corrected chi connectivity index (χ1v) is 5.59. The molecule has 0 aliphatic carbocycles. The van der Waals surface area contributed by atoms with Crippen LogP contribution < -0.4 is 0 Å². The van der Waals surface area contributed by atoms with Gasteiger partial charge in [-0.15, -0.1) is 0 Å². The monoisotopic (exact) mass is 320 g/mol. The van der Waals surface area contributed by atoms with E-state index in [1.807, 2.05) is 0 Å². The summed E-state index contributed by atoms with van der Waals surface area (Å²) < 4.78 is 0.469. The second-order valence-corrected chi connectivity index (χ2v) is 3.97. The van der Waals surface area contributed by atoms with Crippen molar-refractivity contribution in [3.8, 4) is 0 Å². The van der Waals surface area contributed by atoms with E-state index < -0.39 is 5.97 Å². The van der Waals surface area contributed by atoms with Gasteiger partial charge in [0.05, 0.1) is 10.9 Å².